The van der Waals surface area contributed by atoms with Gasteiger partial charge < -0.3 is 4.74 Å². The topological polar surface area (TPSA) is 59.0 Å². The Morgan fingerprint density at radius 2 is 1.63 bits per heavy atom. The minimum atomic E-state index is -0.449. The lowest BCUT2D eigenvalue weighted by Gasteiger charge is -2.19. The molecule has 3 aromatic carbocycles. The van der Waals surface area contributed by atoms with Crippen LogP contribution in [-0.4, -0.2) is 17.7 Å². The van der Waals surface area contributed by atoms with Gasteiger partial charge in [0.25, 0.3) is 5.91 Å². The predicted molar refractivity (Wildman–Crippen MR) is 118 cm³/mol. The lowest BCUT2D eigenvalue weighted by Crippen LogP contribution is -2.33. The molecule has 1 aliphatic rings. The summed E-state index contributed by atoms with van der Waals surface area (Å²) in [6, 6.07) is 23.4. The van der Waals surface area contributed by atoms with E-state index in [4.69, 9.17) is 16.3 Å². The van der Waals surface area contributed by atoms with Crippen molar-refractivity contribution in [3.63, 3.8) is 0 Å². The molecule has 3 aromatic rings. The van der Waals surface area contributed by atoms with Gasteiger partial charge in [0.05, 0.1) is 11.3 Å². The number of rotatable bonds is 4. The van der Waals surface area contributed by atoms with Crippen molar-refractivity contribution in [2.45, 2.75) is 6.92 Å². The number of amidine groups is 1. The minimum Gasteiger partial charge on any atom is -0.426 e. The SMILES string of the molecule is CC(=O)Oc1ccccc1C1=NC(=Cc2ccc(Cl)cc2)C(=O)N1c1ccccc1. The van der Waals surface area contributed by atoms with Crippen LogP contribution in [0.3, 0.4) is 0 Å². The first-order valence-electron chi connectivity index (χ1n) is 9.26. The van der Waals surface area contributed by atoms with E-state index in [1.165, 1.54) is 11.8 Å². The fourth-order valence-corrected chi connectivity index (χ4v) is 3.25. The van der Waals surface area contributed by atoms with Crippen LogP contribution in [0.4, 0.5) is 5.69 Å². The van der Waals surface area contributed by atoms with Crippen molar-refractivity contribution in [3.8, 4) is 5.75 Å². The lowest BCUT2D eigenvalue weighted by molar-refractivity contribution is -0.131. The van der Waals surface area contributed by atoms with E-state index in [2.05, 4.69) is 4.99 Å². The molecule has 1 aliphatic heterocycles. The molecule has 0 aromatic heterocycles. The number of nitrogens with zero attached hydrogens (tertiary/aromatic N) is 2. The second-order valence-corrected chi connectivity index (χ2v) is 7.02. The molecule has 0 saturated heterocycles. The third-order valence-electron chi connectivity index (χ3n) is 4.43. The maximum absolute atomic E-state index is 13.3. The molecule has 0 N–H and O–H groups in total. The number of esters is 1. The molecule has 0 unspecified atom stereocenters. The number of hydrogen-bond acceptors (Lipinski definition) is 4. The quantitative estimate of drug-likeness (QED) is 0.338. The van der Waals surface area contributed by atoms with Crippen molar-refractivity contribution in [3.05, 3.63) is 101 Å². The molecule has 6 heteroatoms. The molecule has 0 atom stereocenters. The van der Waals surface area contributed by atoms with Crippen LogP contribution >= 0.6 is 11.6 Å². The number of benzene rings is 3. The number of anilines is 1. The number of carbonyl (C=O) groups excluding carboxylic acids is 2. The molecule has 0 spiro atoms. The van der Waals surface area contributed by atoms with Crippen LogP contribution in [0.25, 0.3) is 6.08 Å². The number of hydrogen-bond donors (Lipinski definition) is 0. The third-order valence-corrected chi connectivity index (χ3v) is 4.68. The maximum atomic E-state index is 13.3. The second-order valence-electron chi connectivity index (χ2n) is 6.58. The number of ether oxygens (including phenoxy) is 1. The number of amides is 1. The molecule has 0 aliphatic carbocycles. The van der Waals surface area contributed by atoms with Gasteiger partial charge in [-0.25, -0.2) is 4.99 Å². The smallest absolute Gasteiger partial charge is 0.308 e. The Balaban J connectivity index is 1.85. The number of carbonyl (C=O) groups is 2. The van der Waals surface area contributed by atoms with Gasteiger partial charge in [-0.05, 0) is 48.0 Å². The molecule has 0 fully saturated rings. The molecule has 5 nitrogen and oxygen atoms in total. The summed E-state index contributed by atoms with van der Waals surface area (Å²) in [5.41, 5.74) is 2.28. The van der Waals surface area contributed by atoms with Crippen LogP contribution in [0.1, 0.15) is 18.1 Å². The number of para-hydroxylation sites is 2. The molecular weight excluding hydrogens is 400 g/mol. The van der Waals surface area contributed by atoms with Crippen LogP contribution in [0.2, 0.25) is 5.02 Å². The van der Waals surface area contributed by atoms with Crippen LogP contribution in [-0.2, 0) is 9.59 Å². The Hall–Kier alpha value is -3.70. The second kappa shape index (κ2) is 8.35. The molecule has 0 bridgehead atoms. The normalized spacial score (nSPS) is 14.7. The zero-order valence-corrected chi connectivity index (χ0v) is 16.8. The first kappa shape index (κ1) is 19.6. The Kier molecular flexibility index (Phi) is 5.46. The fourth-order valence-electron chi connectivity index (χ4n) is 3.13. The Labute approximate surface area is 178 Å². The van der Waals surface area contributed by atoms with E-state index in [9.17, 15) is 9.59 Å². The zero-order valence-electron chi connectivity index (χ0n) is 16.1. The van der Waals surface area contributed by atoms with Crippen molar-refractivity contribution >= 4 is 41.1 Å². The standard InChI is InChI=1S/C24H17ClN2O3/c1-16(28)30-22-10-6-5-9-20(22)23-26-21(15-17-11-13-18(25)14-12-17)24(29)27(23)19-7-3-2-4-8-19/h2-15H,1H3. The van der Waals surface area contributed by atoms with Crippen LogP contribution < -0.4 is 9.64 Å². The van der Waals surface area contributed by atoms with Gasteiger partial charge in [0, 0.05) is 11.9 Å². The van der Waals surface area contributed by atoms with Crippen molar-refractivity contribution in [2.24, 2.45) is 4.99 Å². The number of aliphatic imine (C=N–C) groups is 1. The monoisotopic (exact) mass is 416 g/mol. The lowest BCUT2D eigenvalue weighted by atomic mass is 10.1. The highest BCUT2D eigenvalue weighted by Gasteiger charge is 2.34. The van der Waals surface area contributed by atoms with E-state index in [-0.39, 0.29) is 11.6 Å². The van der Waals surface area contributed by atoms with E-state index < -0.39 is 5.97 Å². The predicted octanol–water partition coefficient (Wildman–Crippen LogP) is 5.10. The summed E-state index contributed by atoms with van der Waals surface area (Å²) in [5.74, 6) is 0.00725. The summed E-state index contributed by atoms with van der Waals surface area (Å²) in [4.78, 5) is 31.0. The molecule has 0 radical (unpaired) electrons. The Morgan fingerprint density at radius 3 is 2.33 bits per heavy atom. The summed E-state index contributed by atoms with van der Waals surface area (Å²) in [5, 5.41) is 0.611. The largest absolute Gasteiger partial charge is 0.426 e. The van der Waals surface area contributed by atoms with E-state index in [1.54, 1.807) is 42.5 Å². The van der Waals surface area contributed by atoms with Gasteiger partial charge in [-0.3, -0.25) is 14.5 Å². The zero-order chi connectivity index (χ0) is 21.1. The summed E-state index contributed by atoms with van der Waals surface area (Å²) in [7, 11) is 0. The van der Waals surface area contributed by atoms with Gasteiger partial charge in [0.2, 0.25) is 0 Å². The molecule has 0 saturated carbocycles. The van der Waals surface area contributed by atoms with Gasteiger partial charge in [0.15, 0.2) is 5.84 Å². The van der Waals surface area contributed by atoms with Crippen LogP contribution in [0, 0.1) is 0 Å². The van der Waals surface area contributed by atoms with Crippen LogP contribution in [0.5, 0.6) is 5.75 Å². The molecule has 1 amide bonds. The molecule has 30 heavy (non-hydrogen) atoms. The first-order valence-corrected chi connectivity index (χ1v) is 9.64. The molecule has 1 heterocycles. The van der Waals surface area contributed by atoms with Crippen molar-refractivity contribution < 1.29 is 14.3 Å². The summed E-state index contributed by atoms with van der Waals surface area (Å²) >= 11 is 5.96. The van der Waals surface area contributed by atoms with Crippen molar-refractivity contribution in [1.29, 1.82) is 0 Å². The van der Waals surface area contributed by atoms with Gasteiger partial charge in [-0.15, -0.1) is 0 Å². The highest BCUT2D eigenvalue weighted by molar-refractivity contribution is 6.34. The molecule has 148 valence electrons. The van der Waals surface area contributed by atoms with E-state index >= 15 is 0 Å². The first-order chi connectivity index (χ1) is 14.5. The fraction of sp³-hybridized carbons (Fsp3) is 0.0417. The maximum Gasteiger partial charge on any atom is 0.308 e. The van der Waals surface area contributed by atoms with Gasteiger partial charge in [-0.2, -0.15) is 0 Å². The van der Waals surface area contributed by atoms with Gasteiger partial charge in [0.1, 0.15) is 11.4 Å². The summed E-state index contributed by atoms with van der Waals surface area (Å²) < 4.78 is 5.35. The highest BCUT2D eigenvalue weighted by atomic mass is 35.5. The van der Waals surface area contributed by atoms with E-state index in [0.29, 0.717) is 27.9 Å². The highest BCUT2D eigenvalue weighted by Crippen LogP contribution is 2.31. The van der Waals surface area contributed by atoms with E-state index in [0.717, 1.165) is 5.56 Å². The number of halogens is 1. The van der Waals surface area contributed by atoms with Gasteiger partial charge in [-0.1, -0.05) is 54.1 Å². The van der Waals surface area contributed by atoms with Crippen molar-refractivity contribution in [2.75, 3.05) is 4.90 Å². The minimum absolute atomic E-state index is 0.272. The third kappa shape index (κ3) is 4.02. The average molecular weight is 417 g/mol. The summed E-state index contributed by atoms with van der Waals surface area (Å²) in [6.07, 6.45) is 1.70. The molecular formula is C24H17ClN2O3. The Bertz CT molecular complexity index is 1170. The van der Waals surface area contributed by atoms with E-state index in [1.807, 2.05) is 42.5 Å². The van der Waals surface area contributed by atoms with Crippen molar-refractivity contribution in [1.82, 2.24) is 0 Å². The summed E-state index contributed by atoms with van der Waals surface area (Å²) in [6.45, 7) is 1.33. The average Bonchev–Trinajstić information content (AvgIpc) is 3.06. The van der Waals surface area contributed by atoms with Crippen LogP contribution in [0.15, 0.2) is 89.6 Å². The molecule has 4 rings (SSSR count). The van der Waals surface area contributed by atoms with Gasteiger partial charge >= 0.3 is 5.97 Å². The Morgan fingerprint density at radius 1 is 0.967 bits per heavy atom.